The summed E-state index contributed by atoms with van der Waals surface area (Å²) in [4.78, 5) is 14.3. The number of rotatable bonds is 6. The van der Waals surface area contributed by atoms with Crippen molar-refractivity contribution in [2.75, 3.05) is 18.4 Å². The number of aliphatic hydroxyl groups excluding tert-OH is 1. The smallest absolute Gasteiger partial charge is 0.239 e. The topological polar surface area (TPSA) is 70.4 Å². The number of benzene rings is 1. The highest BCUT2D eigenvalue weighted by Gasteiger charge is 2.33. The maximum Gasteiger partial charge on any atom is 0.239 e. The fraction of sp³-hybridized carbons (Fsp3) is 0.444. The minimum absolute atomic E-state index is 0.0955. The number of nitrogens with one attached hydrogen (secondary N) is 1. The van der Waals surface area contributed by atoms with Gasteiger partial charge in [-0.3, -0.25) is 9.69 Å². The Balaban J connectivity index is 1.66. The largest absolute Gasteiger partial charge is 0.392 e. The number of hydrogen-bond donors (Lipinski definition) is 2. The van der Waals surface area contributed by atoms with E-state index in [2.05, 4.69) is 10.4 Å². The molecule has 1 aliphatic heterocycles. The first-order valence-electron chi connectivity index (χ1n) is 8.56. The summed E-state index contributed by atoms with van der Waals surface area (Å²) in [5.74, 6) is 0.222. The molecule has 7 heteroatoms. The Morgan fingerprint density at radius 3 is 2.84 bits per heavy atom. The van der Waals surface area contributed by atoms with Gasteiger partial charge in [-0.15, -0.1) is 0 Å². The number of anilines is 1. The third kappa shape index (κ3) is 4.24. The van der Waals surface area contributed by atoms with Crippen LogP contribution in [-0.2, 0) is 11.3 Å². The summed E-state index contributed by atoms with van der Waals surface area (Å²) < 4.78 is 14.9. The average Bonchev–Trinajstić information content (AvgIpc) is 3.15. The van der Waals surface area contributed by atoms with Crippen molar-refractivity contribution in [3.63, 3.8) is 0 Å². The lowest BCUT2D eigenvalue weighted by Gasteiger charge is -2.24. The molecule has 2 atom stereocenters. The number of amides is 1. The van der Waals surface area contributed by atoms with Gasteiger partial charge >= 0.3 is 0 Å². The van der Waals surface area contributed by atoms with Crippen molar-refractivity contribution in [2.45, 2.75) is 38.5 Å². The van der Waals surface area contributed by atoms with Crippen LogP contribution in [0.4, 0.5) is 10.2 Å². The Morgan fingerprint density at radius 1 is 1.36 bits per heavy atom. The number of aromatic nitrogens is 2. The molecule has 0 bridgehead atoms. The second-order valence-corrected chi connectivity index (χ2v) is 6.37. The molecule has 3 rings (SSSR count). The van der Waals surface area contributed by atoms with Crippen molar-refractivity contribution in [3.05, 3.63) is 47.9 Å². The van der Waals surface area contributed by atoms with E-state index in [-0.39, 0.29) is 24.3 Å². The number of likely N-dealkylation sites (tertiary alicyclic amines) is 1. The summed E-state index contributed by atoms with van der Waals surface area (Å²) in [6.07, 6.45) is 2.63. The molecule has 25 heavy (non-hydrogen) atoms. The highest BCUT2D eigenvalue weighted by Crippen LogP contribution is 2.32. The number of carbonyl (C=O) groups excluding carboxylic acids is 1. The molecule has 134 valence electrons. The van der Waals surface area contributed by atoms with E-state index >= 15 is 0 Å². The molecule has 1 amide bonds. The van der Waals surface area contributed by atoms with Crippen molar-refractivity contribution in [1.29, 1.82) is 0 Å². The molecule has 0 spiro atoms. The molecule has 1 saturated heterocycles. The fourth-order valence-corrected chi connectivity index (χ4v) is 3.28. The molecular weight excluding hydrogens is 323 g/mol. The quantitative estimate of drug-likeness (QED) is 0.841. The summed E-state index contributed by atoms with van der Waals surface area (Å²) in [6, 6.07) is 7.90. The molecule has 2 N–H and O–H groups in total. The lowest BCUT2D eigenvalue weighted by atomic mass is 10.0. The van der Waals surface area contributed by atoms with Crippen LogP contribution in [0.3, 0.4) is 0 Å². The van der Waals surface area contributed by atoms with Gasteiger partial charge in [0.2, 0.25) is 5.91 Å². The van der Waals surface area contributed by atoms with E-state index in [0.717, 1.165) is 18.5 Å². The molecule has 6 nitrogen and oxygen atoms in total. The fourth-order valence-electron chi connectivity index (χ4n) is 3.28. The maximum absolute atomic E-state index is 13.1. The summed E-state index contributed by atoms with van der Waals surface area (Å²) >= 11 is 0. The zero-order valence-corrected chi connectivity index (χ0v) is 14.2. The predicted octanol–water partition coefficient (Wildman–Crippen LogP) is 2.18. The number of aliphatic hydroxyl groups is 1. The van der Waals surface area contributed by atoms with Crippen LogP contribution >= 0.6 is 0 Å². The van der Waals surface area contributed by atoms with E-state index in [1.54, 1.807) is 29.1 Å². The molecule has 0 radical (unpaired) electrons. The van der Waals surface area contributed by atoms with Gasteiger partial charge in [0.25, 0.3) is 0 Å². The normalized spacial score (nSPS) is 20.8. The van der Waals surface area contributed by atoms with Gasteiger partial charge in [-0.05, 0) is 30.5 Å². The van der Waals surface area contributed by atoms with Crippen LogP contribution < -0.4 is 5.32 Å². The van der Waals surface area contributed by atoms with Crippen molar-refractivity contribution in [2.24, 2.45) is 0 Å². The lowest BCUT2D eigenvalue weighted by molar-refractivity contribution is -0.117. The number of β-amino-alcohol motifs (C(OH)–C–C–N with tert-alkyl or cyclic N) is 1. The first-order valence-corrected chi connectivity index (χ1v) is 8.56. The molecule has 2 aromatic rings. The van der Waals surface area contributed by atoms with Crippen LogP contribution in [0, 0.1) is 5.82 Å². The molecule has 0 saturated carbocycles. The average molecular weight is 346 g/mol. The molecule has 2 heterocycles. The van der Waals surface area contributed by atoms with Crippen LogP contribution in [0.15, 0.2) is 36.5 Å². The maximum atomic E-state index is 13.1. The molecule has 1 aromatic carbocycles. The van der Waals surface area contributed by atoms with Gasteiger partial charge in [-0.2, -0.15) is 5.10 Å². The number of carbonyl (C=O) groups is 1. The Morgan fingerprint density at radius 2 is 2.12 bits per heavy atom. The van der Waals surface area contributed by atoms with Crippen LogP contribution in [-0.4, -0.2) is 44.9 Å². The van der Waals surface area contributed by atoms with E-state index in [4.69, 9.17) is 0 Å². The second kappa shape index (κ2) is 7.76. The minimum atomic E-state index is -0.492. The minimum Gasteiger partial charge on any atom is -0.392 e. The van der Waals surface area contributed by atoms with Gasteiger partial charge in [-0.25, -0.2) is 9.07 Å². The van der Waals surface area contributed by atoms with Crippen molar-refractivity contribution in [1.82, 2.24) is 14.7 Å². The third-order valence-electron chi connectivity index (χ3n) is 4.40. The van der Waals surface area contributed by atoms with Gasteiger partial charge < -0.3 is 10.4 Å². The van der Waals surface area contributed by atoms with Crippen LogP contribution in [0.2, 0.25) is 0 Å². The summed E-state index contributed by atoms with van der Waals surface area (Å²) in [7, 11) is 0. The van der Waals surface area contributed by atoms with E-state index in [9.17, 15) is 14.3 Å². The Bertz CT molecular complexity index is 716. The first-order chi connectivity index (χ1) is 12.1. The van der Waals surface area contributed by atoms with E-state index < -0.39 is 6.10 Å². The monoisotopic (exact) mass is 346 g/mol. The molecule has 1 aromatic heterocycles. The van der Waals surface area contributed by atoms with Crippen LogP contribution in [0.5, 0.6) is 0 Å². The van der Waals surface area contributed by atoms with Gasteiger partial charge in [0.1, 0.15) is 11.6 Å². The number of nitrogens with zero attached hydrogens (tertiary/aromatic N) is 3. The Kier molecular flexibility index (Phi) is 5.45. The molecule has 0 aliphatic carbocycles. The van der Waals surface area contributed by atoms with Gasteiger partial charge in [0.05, 0.1) is 18.8 Å². The van der Waals surface area contributed by atoms with Crippen molar-refractivity contribution in [3.8, 4) is 0 Å². The van der Waals surface area contributed by atoms with E-state index in [1.807, 2.05) is 11.8 Å². The zero-order chi connectivity index (χ0) is 17.8. The highest BCUT2D eigenvalue weighted by atomic mass is 19.1. The first kappa shape index (κ1) is 17.6. The second-order valence-electron chi connectivity index (χ2n) is 6.37. The number of aryl methyl sites for hydroxylation is 1. The van der Waals surface area contributed by atoms with Gasteiger partial charge in [0, 0.05) is 25.2 Å². The molecule has 1 fully saturated rings. The summed E-state index contributed by atoms with van der Waals surface area (Å²) in [6.45, 7) is 3.37. The van der Waals surface area contributed by atoms with Crippen molar-refractivity contribution < 1.29 is 14.3 Å². The van der Waals surface area contributed by atoms with Gasteiger partial charge in [-0.1, -0.05) is 19.1 Å². The van der Waals surface area contributed by atoms with E-state index in [1.165, 1.54) is 12.1 Å². The molecule has 2 unspecified atom stereocenters. The SMILES string of the molecule is CCCn1nccc1NC(=O)CN1CC(O)CC1c1ccc(F)cc1. The van der Waals surface area contributed by atoms with Gasteiger partial charge in [0.15, 0.2) is 0 Å². The lowest BCUT2D eigenvalue weighted by Crippen LogP contribution is -2.34. The van der Waals surface area contributed by atoms with Crippen LogP contribution in [0.25, 0.3) is 0 Å². The summed E-state index contributed by atoms with van der Waals surface area (Å²) in [5, 5.41) is 17.1. The molecule has 1 aliphatic rings. The number of halogens is 1. The summed E-state index contributed by atoms with van der Waals surface area (Å²) in [5.41, 5.74) is 0.904. The Labute approximate surface area is 146 Å². The number of hydrogen-bond acceptors (Lipinski definition) is 4. The Hall–Kier alpha value is -2.25. The van der Waals surface area contributed by atoms with E-state index in [0.29, 0.717) is 18.8 Å². The predicted molar refractivity (Wildman–Crippen MR) is 92.5 cm³/mol. The standard InChI is InChI=1S/C18H23FN4O2/c1-2-9-23-17(7-8-20-23)21-18(25)12-22-11-15(24)10-16(22)13-3-5-14(19)6-4-13/h3-8,15-16,24H,2,9-12H2,1H3,(H,21,25). The molecular formula is C18H23FN4O2. The van der Waals surface area contributed by atoms with Crippen LogP contribution in [0.1, 0.15) is 31.4 Å². The highest BCUT2D eigenvalue weighted by molar-refractivity contribution is 5.91. The van der Waals surface area contributed by atoms with Crippen molar-refractivity contribution >= 4 is 11.7 Å². The third-order valence-corrected chi connectivity index (χ3v) is 4.40. The zero-order valence-electron chi connectivity index (χ0n) is 14.2.